The van der Waals surface area contributed by atoms with Crippen LogP contribution in [0.5, 0.6) is 0 Å². The molecule has 1 rings (SSSR count). The van der Waals surface area contributed by atoms with E-state index in [0.717, 1.165) is 0 Å². The molecule has 0 atom stereocenters. The Balaban J connectivity index is 2.87. The largest absolute Gasteiger partial charge is 0.462 e. The molecule has 26 heavy (non-hydrogen) atoms. The molecule has 1 aromatic heterocycles. The second kappa shape index (κ2) is 8.98. The second-order valence-electron chi connectivity index (χ2n) is 7.37. The molecule has 0 saturated carbocycles. The third-order valence-electron chi connectivity index (χ3n) is 3.89. The van der Waals surface area contributed by atoms with E-state index in [9.17, 15) is 14.4 Å². The standard InChI is InChI=1S/C19H31N3O4/c1-8-22(11-15(24)21-19(5,6)7)10-14(23)17-12(3)16(13(4)20-17)18(25)26-9-2/h20H,8-11H2,1-7H3,(H,21,24). The molecule has 0 bridgehead atoms. The van der Waals surface area contributed by atoms with E-state index >= 15 is 0 Å². The number of nitrogens with zero attached hydrogens (tertiary/aromatic N) is 1. The van der Waals surface area contributed by atoms with E-state index in [1.807, 2.05) is 27.7 Å². The van der Waals surface area contributed by atoms with Gasteiger partial charge in [0.1, 0.15) is 0 Å². The number of Topliss-reactive ketones (excluding diaryl/α,β-unsaturated/α-hetero) is 1. The minimum Gasteiger partial charge on any atom is -0.462 e. The highest BCUT2D eigenvalue weighted by Gasteiger charge is 2.24. The first kappa shape index (κ1) is 21.9. The number of H-pyrrole nitrogens is 1. The van der Waals surface area contributed by atoms with E-state index in [2.05, 4.69) is 10.3 Å². The molecule has 1 heterocycles. The molecule has 0 unspecified atom stereocenters. The maximum Gasteiger partial charge on any atom is 0.340 e. The lowest BCUT2D eigenvalue weighted by Crippen LogP contribution is -2.46. The van der Waals surface area contributed by atoms with Gasteiger partial charge in [-0.3, -0.25) is 14.5 Å². The summed E-state index contributed by atoms with van der Waals surface area (Å²) in [4.78, 5) is 41.6. The number of aromatic amines is 1. The summed E-state index contributed by atoms with van der Waals surface area (Å²) in [6.45, 7) is 13.9. The lowest BCUT2D eigenvalue weighted by Gasteiger charge is -2.24. The van der Waals surface area contributed by atoms with Crippen LogP contribution in [-0.4, -0.2) is 59.3 Å². The predicted octanol–water partition coefficient (Wildman–Crippen LogP) is 2.23. The van der Waals surface area contributed by atoms with Gasteiger partial charge in [0.05, 0.1) is 31.0 Å². The van der Waals surface area contributed by atoms with Gasteiger partial charge in [-0.15, -0.1) is 0 Å². The average molecular weight is 365 g/mol. The number of aryl methyl sites for hydroxylation is 1. The van der Waals surface area contributed by atoms with Crippen molar-refractivity contribution >= 4 is 17.7 Å². The number of ketones is 1. The van der Waals surface area contributed by atoms with E-state index in [1.165, 1.54) is 0 Å². The monoisotopic (exact) mass is 365 g/mol. The minimum atomic E-state index is -0.435. The number of ether oxygens (including phenoxy) is 1. The summed E-state index contributed by atoms with van der Waals surface area (Å²) in [5.74, 6) is -0.722. The first-order valence-corrected chi connectivity index (χ1v) is 8.93. The Kier molecular flexibility index (Phi) is 7.56. The maximum absolute atomic E-state index is 12.7. The van der Waals surface area contributed by atoms with Gasteiger partial charge >= 0.3 is 5.97 Å². The molecule has 1 amide bonds. The quantitative estimate of drug-likeness (QED) is 0.544. The molecule has 0 spiro atoms. The van der Waals surface area contributed by atoms with Crippen molar-refractivity contribution in [3.8, 4) is 0 Å². The van der Waals surface area contributed by atoms with Gasteiger partial charge in [0.15, 0.2) is 5.78 Å². The van der Waals surface area contributed by atoms with Crippen LogP contribution >= 0.6 is 0 Å². The zero-order chi connectivity index (χ0) is 20.1. The molecule has 1 aromatic rings. The lowest BCUT2D eigenvalue weighted by atomic mass is 10.1. The van der Waals surface area contributed by atoms with E-state index in [-0.39, 0.29) is 36.9 Å². The zero-order valence-corrected chi connectivity index (χ0v) is 16.9. The molecule has 0 saturated heterocycles. The Morgan fingerprint density at radius 1 is 1.12 bits per heavy atom. The molecule has 0 aliphatic rings. The Morgan fingerprint density at radius 2 is 1.73 bits per heavy atom. The maximum atomic E-state index is 12.7. The van der Waals surface area contributed by atoms with Crippen molar-refractivity contribution in [3.05, 3.63) is 22.5 Å². The molecular formula is C19H31N3O4. The highest BCUT2D eigenvalue weighted by molar-refractivity contribution is 6.02. The summed E-state index contributed by atoms with van der Waals surface area (Å²) in [7, 11) is 0. The van der Waals surface area contributed by atoms with Crippen molar-refractivity contribution < 1.29 is 19.1 Å². The molecule has 0 fully saturated rings. The van der Waals surface area contributed by atoms with Gasteiger partial charge < -0.3 is 15.0 Å². The van der Waals surface area contributed by atoms with Crippen LogP contribution in [0.4, 0.5) is 0 Å². The molecule has 7 nitrogen and oxygen atoms in total. The third-order valence-corrected chi connectivity index (χ3v) is 3.89. The Bertz CT molecular complexity index is 671. The number of carbonyl (C=O) groups excluding carboxylic acids is 3. The second-order valence-corrected chi connectivity index (χ2v) is 7.37. The molecule has 0 aromatic carbocycles. The zero-order valence-electron chi connectivity index (χ0n) is 16.9. The van der Waals surface area contributed by atoms with Crippen LogP contribution in [0.25, 0.3) is 0 Å². The number of amides is 1. The van der Waals surface area contributed by atoms with Crippen LogP contribution in [0, 0.1) is 13.8 Å². The summed E-state index contributed by atoms with van der Waals surface area (Å²) >= 11 is 0. The van der Waals surface area contributed by atoms with Crippen molar-refractivity contribution in [1.29, 1.82) is 0 Å². The number of rotatable bonds is 8. The molecular weight excluding hydrogens is 334 g/mol. The highest BCUT2D eigenvalue weighted by Crippen LogP contribution is 2.19. The van der Waals surface area contributed by atoms with Gasteiger partial charge in [0.25, 0.3) is 0 Å². The van der Waals surface area contributed by atoms with Crippen LogP contribution in [0.15, 0.2) is 0 Å². The number of hydrogen-bond acceptors (Lipinski definition) is 5. The summed E-state index contributed by atoms with van der Waals surface area (Å²) in [6.07, 6.45) is 0. The molecule has 0 aliphatic heterocycles. The normalized spacial score (nSPS) is 11.5. The van der Waals surface area contributed by atoms with Crippen molar-refractivity contribution in [2.75, 3.05) is 26.2 Å². The first-order chi connectivity index (χ1) is 12.0. The van der Waals surface area contributed by atoms with Crippen molar-refractivity contribution in [2.24, 2.45) is 0 Å². The van der Waals surface area contributed by atoms with Crippen molar-refractivity contribution in [3.63, 3.8) is 0 Å². The number of nitrogens with one attached hydrogen (secondary N) is 2. The van der Waals surface area contributed by atoms with Crippen LogP contribution < -0.4 is 5.32 Å². The summed E-state index contributed by atoms with van der Waals surface area (Å²) in [5, 5.41) is 2.89. The number of esters is 1. The fourth-order valence-corrected chi connectivity index (χ4v) is 2.76. The Morgan fingerprint density at radius 3 is 2.23 bits per heavy atom. The Labute approximate surface area is 155 Å². The fraction of sp³-hybridized carbons (Fsp3) is 0.632. The van der Waals surface area contributed by atoms with E-state index in [4.69, 9.17) is 4.74 Å². The van der Waals surface area contributed by atoms with Crippen molar-refractivity contribution in [2.45, 2.75) is 54.0 Å². The van der Waals surface area contributed by atoms with Crippen LogP contribution in [0.2, 0.25) is 0 Å². The van der Waals surface area contributed by atoms with Gasteiger partial charge in [-0.1, -0.05) is 6.92 Å². The predicted molar refractivity (Wildman–Crippen MR) is 101 cm³/mol. The number of likely N-dealkylation sites (N-methyl/N-ethyl adjacent to an activating group) is 1. The smallest absolute Gasteiger partial charge is 0.340 e. The van der Waals surface area contributed by atoms with E-state index < -0.39 is 5.97 Å². The number of carbonyl (C=O) groups is 3. The van der Waals surface area contributed by atoms with Crippen LogP contribution in [-0.2, 0) is 9.53 Å². The molecule has 2 N–H and O–H groups in total. The van der Waals surface area contributed by atoms with Crippen molar-refractivity contribution in [1.82, 2.24) is 15.2 Å². The molecule has 0 radical (unpaired) electrons. The van der Waals surface area contributed by atoms with Gasteiger partial charge in [0.2, 0.25) is 5.91 Å². The first-order valence-electron chi connectivity index (χ1n) is 8.93. The minimum absolute atomic E-state index is 0.0944. The average Bonchev–Trinajstić information content (AvgIpc) is 2.79. The molecule has 146 valence electrons. The van der Waals surface area contributed by atoms with Crippen LogP contribution in [0.3, 0.4) is 0 Å². The number of hydrogen-bond donors (Lipinski definition) is 2. The molecule has 0 aliphatic carbocycles. The topological polar surface area (TPSA) is 91.5 Å². The fourth-order valence-electron chi connectivity index (χ4n) is 2.76. The Hall–Kier alpha value is -2.15. The number of aromatic nitrogens is 1. The van der Waals surface area contributed by atoms with Gasteiger partial charge in [-0.05, 0) is 53.7 Å². The van der Waals surface area contributed by atoms with E-state index in [1.54, 1.807) is 25.7 Å². The third kappa shape index (κ3) is 5.98. The summed E-state index contributed by atoms with van der Waals surface area (Å²) in [5.41, 5.74) is 1.67. The lowest BCUT2D eigenvalue weighted by molar-refractivity contribution is -0.123. The van der Waals surface area contributed by atoms with Gasteiger partial charge in [-0.25, -0.2) is 4.79 Å². The van der Waals surface area contributed by atoms with Gasteiger partial charge in [0, 0.05) is 11.2 Å². The van der Waals surface area contributed by atoms with Crippen LogP contribution in [0.1, 0.15) is 66.7 Å². The summed E-state index contributed by atoms with van der Waals surface area (Å²) in [6, 6.07) is 0. The summed E-state index contributed by atoms with van der Waals surface area (Å²) < 4.78 is 5.05. The SMILES string of the molecule is CCOC(=O)c1c(C)[nH]c(C(=O)CN(CC)CC(=O)NC(C)(C)C)c1C. The van der Waals surface area contributed by atoms with Gasteiger partial charge in [-0.2, -0.15) is 0 Å². The van der Waals surface area contributed by atoms with E-state index in [0.29, 0.717) is 29.1 Å². The molecule has 7 heteroatoms. The highest BCUT2D eigenvalue weighted by atomic mass is 16.5.